The molecule has 0 N–H and O–H groups in total. The Labute approximate surface area is 180 Å². The van der Waals surface area contributed by atoms with Crippen molar-refractivity contribution in [1.29, 1.82) is 0 Å². The lowest BCUT2D eigenvalue weighted by atomic mass is 10.1. The highest BCUT2D eigenvalue weighted by atomic mass is 16.5. The van der Waals surface area contributed by atoms with Gasteiger partial charge in [0.1, 0.15) is 12.3 Å². The molecule has 1 aromatic heterocycles. The van der Waals surface area contributed by atoms with Gasteiger partial charge in [-0.05, 0) is 47.5 Å². The normalized spacial score (nSPS) is 10.6. The summed E-state index contributed by atoms with van der Waals surface area (Å²) < 4.78 is 5.25. The number of hydrogen-bond donors (Lipinski definition) is 0. The molecule has 3 aromatic carbocycles. The fourth-order valence-corrected chi connectivity index (χ4v) is 3.28. The van der Waals surface area contributed by atoms with Crippen LogP contribution in [0.15, 0.2) is 78.9 Å². The number of hydrogen-bond acceptors (Lipinski definition) is 5. The average molecular weight is 413 g/mol. The number of carbonyl (C=O) groups excluding carboxylic acids is 1. The van der Waals surface area contributed by atoms with E-state index in [-0.39, 0.29) is 12.5 Å². The molecule has 1 heterocycles. The van der Waals surface area contributed by atoms with Gasteiger partial charge in [0.2, 0.25) is 5.82 Å². The smallest absolute Gasteiger partial charge is 0.250 e. The molecular formula is C24H23N5O2. The highest BCUT2D eigenvalue weighted by molar-refractivity contribution is 5.93. The molecule has 0 radical (unpaired) electrons. The molecule has 0 saturated heterocycles. The minimum Gasteiger partial charge on any atom is -0.497 e. The van der Waals surface area contributed by atoms with Crippen molar-refractivity contribution < 1.29 is 9.53 Å². The zero-order valence-electron chi connectivity index (χ0n) is 17.5. The van der Waals surface area contributed by atoms with Gasteiger partial charge in [-0.25, -0.2) is 0 Å². The van der Waals surface area contributed by atoms with Gasteiger partial charge in [0.15, 0.2) is 0 Å². The Kier molecular flexibility index (Phi) is 6.03. The Morgan fingerprint density at radius 2 is 1.81 bits per heavy atom. The summed E-state index contributed by atoms with van der Waals surface area (Å²) in [6, 6.07) is 25.2. The third kappa shape index (κ3) is 4.95. The topological polar surface area (TPSA) is 73.1 Å². The van der Waals surface area contributed by atoms with Crippen molar-refractivity contribution in [2.75, 3.05) is 12.0 Å². The molecule has 0 bridgehead atoms. The molecule has 0 unspecified atom stereocenters. The Balaban J connectivity index is 1.57. The second-order valence-electron chi connectivity index (χ2n) is 7.18. The molecule has 4 aromatic rings. The zero-order chi connectivity index (χ0) is 21.6. The summed E-state index contributed by atoms with van der Waals surface area (Å²) in [6.45, 7) is 2.45. The number of amides is 1. The number of aromatic nitrogens is 4. The highest BCUT2D eigenvalue weighted by Crippen LogP contribution is 2.21. The Morgan fingerprint density at radius 1 is 1.00 bits per heavy atom. The molecule has 0 atom stereocenters. The van der Waals surface area contributed by atoms with Crippen LogP contribution in [0.2, 0.25) is 0 Å². The van der Waals surface area contributed by atoms with Gasteiger partial charge in [0.25, 0.3) is 5.91 Å². The van der Waals surface area contributed by atoms with E-state index in [0.29, 0.717) is 18.1 Å². The quantitative estimate of drug-likeness (QED) is 0.460. The molecule has 0 aliphatic heterocycles. The van der Waals surface area contributed by atoms with Gasteiger partial charge in [-0.2, -0.15) is 4.80 Å². The predicted octanol–water partition coefficient (Wildman–Crippen LogP) is 3.89. The van der Waals surface area contributed by atoms with E-state index in [1.165, 1.54) is 4.80 Å². The number of benzene rings is 3. The summed E-state index contributed by atoms with van der Waals surface area (Å²) in [5.41, 5.74) is 3.74. The summed E-state index contributed by atoms with van der Waals surface area (Å²) in [5, 5.41) is 12.6. The van der Waals surface area contributed by atoms with Crippen molar-refractivity contribution in [2.24, 2.45) is 0 Å². The Bertz CT molecular complexity index is 1170. The Hall–Kier alpha value is -4.00. The average Bonchev–Trinajstić information content (AvgIpc) is 3.26. The van der Waals surface area contributed by atoms with Gasteiger partial charge in [-0.1, -0.05) is 54.6 Å². The summed E-state index contributed by atoms with van der Waals surface area (Å²) >= 11 is 0. The second kappa shape index (κ2) is 9.21. The summed E-state index contributed by atoms with van der Waals surface area (Å²) in [4.78, 5) is 16.3. The van der Waals surface area contributed by atoms with Crippen molar-refractivity contribution >= 4 is 11.6 Å². The molecule has 7 heteroatoms. The second-order valence-corrected chi connectivity index (χ2v) is 7.18. The van der Waals surface area contributed by atoms with Crippen LogP contribution in [0.5, 0.6) is 5.75 Å². The number of nitrogens with zero attached hydrogens (tertiary/aromatic N) is 5. The Morgan fingerprint density at radius 3 is 2.58 bits per heavy atom. The number of methoxy groups -OCH3 is 1. The molecule has 156 valence electrons. The first-order chi connectivity index (χ1) is 15.1. The van der Waals surface area contributed by atoms with Crippen molar-refractivity contribution in [3.63, 3.8) is 0 Å². The molecule has 4 rings (SSSR count). The van der Waals surface area contributed by atoms with Gasteiger partial charge < -0.3 is 9.64 Å². The van der Waals surface area contributed by atoms with E-state index in [9.17, 15) is 4.79 Å². The van der Waals surface area contributed by atoms with Gasteiger partial charge in [-0.3, -0.25) is 4.79 Å². The maximum absolute atomic E-state index is 13.3. The molecule has 31 heavy (non-hydrogen) atoms. The van der Waals surface area contributed by atoms with Crippen LogP contribution in [-0.2, 0) is 17.9 Å². The molecule has 0 saturated carbocycles. The fraction of sp³-hybridized carbons (Fsp3) is 0.167. The largest absolute Gasteiger partial charge is 0.497 e. The first-order valence-corrected chi connectivity index (χ1v) is 9.95. The van der Waals surface area contributed by atoms with Crippen LogP contribution < -0.4 is 9.64 Å². The lowest BCUT2D eigenvalue weighted by Crippen LogP contribution is -2.34. The van der Waals surface area contributed by atoms with Crippen LogP contribution in [0.3, 0.4) is 0 Å². The van der Waals surface area contributed by atoms with E-state index in [1.54, 1.807) is 12.0 Å². The molecule has 0 aliphatic rings. The third-order valence-corrected chi connectivity index (χ3v) is 4.86. The maximum Gasteiger partial charge on any atom is 0.250 e. The summed E-state index contributed by atoms with van der Waals surface area (Å²) in [5.74, 6) is 1.03. The number of aryl methyl sites for hydroxylation is 1. The first-order valence-electron chi connectivity index (χ1n) is 9.95. The molecule has 0 fully saturated rings. The van der Waals surface area contributed by atoms with Crippen LogP contribution in [0.4, 0.5) is 5.69 Å². The summed E-state index contributed by atoms with van der Waals surface area (Å²) in [6.07, 6.45) is 0. The predicted molar refractivity (Wildman–Crippen MR) is 119 cm³/mol. The fourth-order valence-electron chi connectivity index (χ4n) is 3.28. The minimum absolute atomic E-state index is 0.0161. The standard InChI is InChI=1S/C24H23N5O2/c1-18-8-6-12-21(14-18)28(16-19-9-4-3-5-10-19)23(30)17-29-26-24(25-27-29)20-11-7-13-22(15-20)31-2/h3-15H,16-17H2,1-2H3. The number of rotatable bonds is 7. The van der Waals surface area contributed by atoms with E-state index in [4.69, 9.17) is 4.74 Å². The SMILES string of the molecule is COc1cccc(-c2nnn(CC(=O)N(Cc3ccccc3)c3cccc(C)c3)n2)c1. The lowest BCUT2D eigenvalue weighted by Gasteiger charge is -2.23. The van der Waals surface area contributed by atoms with E-state index in [2.05, 4.69) is 15.4 Å². The monoisotopic (exact) mass is 413 g/mol. The number of anilines is 1. The van der Waals surface area contributed by atoms with Crippen LogP contribution in [0.25, 0.3) is 11.4 Å². The summed E-state index contributed by atoms with van der Waals surface area (Å²) in [7, 11) is 1.61. The number of tetrazole rings is 1. The van der Waals surface area contributed by atoms with E-state index in [0.717, 1.165) is 22.4 Å². The van der Waals surface area contributed by atoms with Gasteiger partial charge in [-0.15, -0.1) is 10.2 Å². The molecule has 0 aliphatic carbocycles. The van der Waals surface area contributed by atoms with E-state index in [1.807, 2.05) is 85.8 Å². The van der Waals surface area contributed by atoms with Crippen molar-refractivity contribution in [1.82, 2.24) is 20.2 Å². The minimum atomic E-state index is -0.121. The third-order valence-electron chi connectivity index (χ3n) is 4.86. The number of ether oxygens (including phenoxy) is 1. The van der Waals surface area contributed by atoms with E-state index >= 15 is 0 Å². The zero-order valence-corrected chi connectivity index (χ0v) is 17.5. The van der Waals surface area contributed by atoms with Gasteiger partial charge in [0, 0.05) is 11.3 Å². The lowest BCUT2D eigenvalue weighted by molar-refractivity contribution is -0.119. The molecule has 0 spiro atoms. The molecular weight excluding hydrogens is 390 g/mol. The van der Waals surface area contributed by atoms with Crippen LogP contribution >= 0.6 is 0 Å². The first kappa shape index (κ1) is 20.3. The number of carbonyl (C=O) groups is 1. The molecule has 7 nitrogen and oxygen atoms in total. The van der Waals surface area contributed by atoms with Crippen LogP contribution in [-0.4, -0.2) is 33.2 Å². The van der Waals surface area contributed by atoms with Crippen LogP contribution in [0, 0.1) is 6.92 Å². The van der Waals surface area contributed by atoms with Crippen molar-refractivity contribution in [2.45, 2.75) is 20.0 Å². The van der Waals surface area contributed by atoms with Crippen LogP contribution in [0.1, 0.15) is 11.1 Å². The van der Waals surface area contributed by atoms with Crippen molar-refractivity contribution in [3.8, 4) is 17.1 Å². The molecule has 1 amide bonds. The van der Waals surface area contributed by atoms with Gasteiger partial charge >= 0.3 is 0 Å². The maximum atomic E-state index is 13.3. The highest BCUT2D eigenvalue weighted by Gasteiger charge is 2.19. The van der Waals surface area contributed by atoms with Gasteiger partial charge in [0.05, 0.1) is 13.7 Å². The van der Waals surface area contributed by atoms with Crippen molar-refractivity contribution in [3.05, 3.63) is 90.0 Å². The van der Waals surface area contributed by atoms with E-state index < -0.39 is 0 Å².